The Morgan fingerprint density at radius 1 is 1.50 bits per heavy atom. The molecule has 0 amide bonds. The van der Waals surface area contributed by atoms with E-state index in [1.165, 1.54) is 18.0 Å². The summed E-state index contributed by atoms with van der Waals surface area (Å²) in [6.07, 6.45) is 5.66. The van der Waals surface area contributed by atoms with Gasteiger partial charge in [-0.25, -0.2) is 20.2 Å². The van der Waals surface area contributed by atoms with E-state index in [0.29, 0.717) is 29.2 Å². The number of carbonyl (C=O) groups excluding carboxylic acids is 1. The van der Waals surface area contributed by atoms with E-state index < -0.39 is 5.97 Å². The summed E-state index contributed by atoms with van der Waals surface area (Å²) in [5, 5.41) is 0.614. The van der Waals surface area contributed by atoms with Crippen molar-refractivity contribution in [1.29, 1.82) is 0 Å². The molecule has 112 valence electrons. The highest BCUT2D eigenvalue weighted by Gasteiger charge is 2.22. The first-order chi connectivity index (χ1) is 9.74. The average Bonchev–Trinajstić information content (AvgIpc) is 3.31. The first-order valence-electron chi connectivity index (χ1n) is 6.84. The van der Waals surface area contributed by atoms with Crippen molar-refractivity contribution in [2.75, 3.05) is 18.3 Å². The number of aromatic nitrogens is 2. The molecule has 1 aliphatic carbocycles. The number of rotatable bonds is 6. The van der Waals surface area contributed by atoms with E-state index in [-0.39, 0.29) is 0 Å². The molecule has 1 saturated carbocycles. The van der Waals surface area contributed by atoms with Gasteiger partial charge in [0.1, 0.15) is 5.56 Å². The molecular formula is C13H22N4O2S. The van der Waals surface area contributed by atoms with Crippen LogP contribution in [0.3, 0.4) is 0 Å². The van der Waals surface area contributed by atoms with Crippen LogP contribution in [0.2, 0.25) is 0 Å². The molecule has 0 aromatic carbocycles. The predicted octanol–water partition coefficient (Wildman–Crippen LogP) is 2.48. The van der Waals surface area contributed by atoms with Crippen LogP contribution in [0.25, 0.3) is 0 Å². The number of anilines is 1. The summed E-state index contributed by atoms with van der Waals surface area (Å²) >= 11 is 1.42. The Labute approximate surface area is 124 Å². The smallest absolute Gasteiger partial charge is 0.343 e. The summed E-state index contributed by atoms with van der Waals surface area (Å²) in [6.45, 7) is 6.10. The third-order valence-corrected chi connectivity index (χ3v) is 2.98. The average molecular weight is 298 g/mol. The summed E-state index contributed by atoms with van der Waals surface area (Å²) in [5.41, 5.74) is 6.43. The molecule has 0 unspecified atom stereocenters. The van der Waals surface area contributed by atoms with Gasteiger partial charge in [0.05, 0.1) is 6.61 Å². The maximum atomic E-state index is 11.7. The van der Waals surface area contributed by atoms with Gasteiger partial charge in [0.25, 0.3) is 0 Å². The molecule has 1 heterocycles. The van der Waals surface area contributed by atoms with Crippen LogP contribution in [0.1, 0.15) is 44.0 Å². The summed E-state index contributed by atoms with van der Waals surface area (Å²) in [5.74, 6) is 0.0601. The molecule has 1 aliphatic rings. The van der Waals surface area contributed by atoms with Crippen molar-refractivity contribution < 1.29 is 9.53 Å². The fourth-order valence-electron chi connectivity index (χ4n) is 1.32. The number of carbonyl (C=O) groups is 1. The second-order valence-electron chi connectivity index (χ2n) is 3.88. The van der Waals surface area contributed by atoms with Gasteiger partial charge in [-0.2, -0.15) is 0 Å². The molecule has 1 fully saturated rings. The van der Waals surface area contributed by atoms with E-state index in [9.17, 15) is 4.79 Å². The van der Waals surface area contributed by atoms with Gasteiger partial charge in [-0.3, -0.25) is 0 Å². The molecule has 0 aliphatic heterocycles. The van der Waals surface area contributed by atoms with Gasteiger partial charge in [0, 0.05) is 12.2 Å². The number of hydrazine groups is 1. The Morgan fingerprint density at radius 3 is 2.75 bits per heavy atom. The van der Waals surface area contributed by atoms with Gasteiger partial charge in [0.15, 0.2) is 11.0 Å². The van der Waals surface area contributed by atoms with Gasteiger partial charge < -0.3 is 10.2 Å². The Kier molecular flexibility index (Phi) is 7.32. The van der Waals surface area contributed by atoms with Gasteiger partial charge in [-0.15, -0.1) is 0 Å². The van der Waals surface area contributed by atoms with Crippen LogP contribution < -0.4 is 10.9 Å². The molecule has 0 bridgehead atoms. The zero-order valence-electron chi connectivity index (χ0n) is 12.4. The molecule has 0 spiro atoms. The summed E-state index contributed by atoms with van der Waals surface area (Å²) < 4.78 is 4.97. The van der Waals surface area contributed by atoms with Crippen molar-refractivity contribution >= 4 is 23.5 Å². The number of thioether (sulfide) groups is 1. The number of hydrogen-bond donors (Lipinski definition) is 2. The van der Waals surface area contributed by atoms with Crippen LogP contribution in [0.15, 0.2) is 11.4 Å². The molecule has 0 saturated heterocycles. The Balaban J connectivity index is 0.000000956. The maximum Gasteiger partial charge on any atom is 0.343 e. The third kappa shape index (κ3) is 4.97. The van der Waals surface area contributed by atoms with Crippen molar-refractivity contribution in [2.45, 2.75) is 44.8 Å². The SMILES string of the molecule is CC.CCOC(=O)c1cnc(SC)nc1NNC1CC1. The molecule has 1 aromatic heterocycles. The standard InChI is InChI=1S/C11H16N4O2S.C2H6/c1-3-17-10(16)8-6-12-11(18-2)13-9(8)15-14-7-4-5-7;1-2/h6-7,14H,3-5H2,1-2H3,(H,12,13,15);1-2H3. The van der Waals surface area contributed by atoms with E-state index in [0.717, 1.165) is 12.8 Å². The lowest BCUT2D eigenvalue weighted by atomic mass is 10.3. The second-order valence-corrected chi connectivity index (χ2v) is 4.66. The summed E-state index contributed by atoms with van der Waals surface area (Å²) in [7, 11) is 0. The number of esters is 1. The van der Waals surface area contributed by atoms with E-state index in [4.69, 9.17) is 4.74 Å². The number of ether oxygens (including phenoxy) is 1. The van der Waals surface area contributed by atoms with E-state index in [1.807, 2.05) is 20.1 Å². The molecule has 0 atom stereocenters. The van der Waals surface area contributed by atoms with Gasteiger partial charge in [-0.05, 0) is 26.0 Å². The molecular weight excluding hydrogens is 276 g/mol. The third-order valence-electron chi connectivity index (χ3n) is 2.42. The van der Waals surface area contributed by atoms with E-state index >= 15 is 0 Å². The molecule has 7 heteroatoms. The lowest BCUT2D eigenvalue weighted by molar-refractivity contribution is 0.0526. The number of nitrogens with one attached hydrogen (secondary N) is 2. The lowest BCUT2D eigenvalue weighted by Gasteiger charge is -2.11. The molecule has 1 aromatic rings. The van der Waals surface area contributed by atoms with Crippen LogP contribution >= 0.6 is 11.8 Å². The second kappa shape index (κ2) is 8.76. The monoisotopic (exact) mass is 298 g/mol. The van der Waals surface area contributed by atoms with Crippen LogP contribution in [0, 0.1) is 0 Å². The first-order valence-corrected chi connectivity index (χ1v) is 8.06. The van der Waals surface area contributed by atoms with Crippen LogP contribution in [0.5, 0.6) is 0 Å². The number of nitrogens with zero attached hydrogens (tertiary/aromatic N) is 2. The molecule has 0 radical (unpaired) electrons. The highest BCUT2D eigenvalue weighted by molar-refractivity contribution is 7.98. The van der Waals surface area contributed by atoms with Crippen LogP contribution in [-0.2, 0) is 4.74 Å². The zero-order chi connectivity index (χ0) is 15.0. The van der Waals surface area contributed by atoms with E-state index in [2.05, 4.69) is 20.8 Å². The Morgan fingerprint density at radius 2 is 2.20 bits per heavy atom. The highest BCUT2D eigenvalue weighted by Crippen LogP contribution is 2.21. The number of hydrogen-bond acceptors (Lipinski definition) is 7. The molecule has 20 heavy (non-hydrogen) atoms. The topological polar surface area (TPSA) is 76.1 Å². The van der Waals surface area contributed by atoms with Crippen molar-refractivity contribution in [3.63, 3.8) is 0 Å². The van der Waals surface area contributed by atoms with Crippen LogP contribution in [-0.4, -0.2) is 34.8 Å². The van der Waals surface area contributed by atoms with Crippen molar-refractivity contribution in [2.24, 2.45) is 0 Å². The largest absolute Gasteiger partial charge is 0.462 e. The molecule has 2 N–H and O–H groups in total. The van der Waals surface area contributed by atoms with Gasteiger partial charge >= 0.3 is 5.97 Å². The minimum absolute atomic E-state index is 0.332. The quantitative estimate of drug-likeness (QED) is 0.361. The first kappa shape index (κ1) is 16.7. The fourth-order valence-corrected chi connectivity index (χ4v) is 1.66. The van der Waals surface area contributed by atoms with E-state index in [1.54, 1.807) is 6.92 Å². The molecule has 2 rings (SSSR count). The van der Waals surface area contributed by atoms with Gasteiger partial charge in [-0.1, -0.05) is 25.6 Å². The lowest BCUT2D eigenvalue weighted by Crippen LogP contribution is -2.26. The highest BCUT2D eigenvalue weighted by atomic mass is 32.2. The summed E-state index contributed by atoms with van der Waals surface area (Å²) in [6, 6.07) is 0.466. The van der Waals surface area contributed by atoms with Gasteiger partial charge in [0.2, 0.25) is 0 Å². The predicted molar refractivity (Wildman–Crippen MR) is 80.9 cm³/mol. The zero-order valence-corrected chi connectivity index (χ0v) is 13.2. The maximum absolute atomic E-state index is 11.7. The normalized spacial score (nSPS) is 13.2. The Bertz CT molecular complexity index is 438. The van der Waals surface area contributed by atoms with Crippen molar-refractivity contribution in [3.05, 3.63) is 11.8 Å². The van der Waals surface area contributed by atoms with Crippen molar-refractivity contribution in [1.82, 2.24) is 15.4 Å². The minimum Gasteiger partial charge on any atom is -0.462 e. The summed E-state index contributed by atoms with van der Waals surface area (Å²) in [4.78, 5) is 20.1. The van der Waals surface area contributed by atoms with Crippen LogP contribution in [0.4, 0.5) is 5.82 Å². The minimum atomic E-state index is -0.412. The fraction of sp³-hybridized carbons (Fsp3) is 0.615. The molecule has 6 nitrogen and oxygen atoms in total. The van der Waals surface area contributed by atoms with Crippen molar-refractivity contribution in [3.8, 4) is 0 Å². The Hall–Kier alpha value is -1.34.